The minimum atomic E-state index is -0.161. The van der Waals surface area contributed by atoms with Crippen LogP contribution < -0.4 is 5.32 Å². The van der Waals surface area contributed by atoms with Crippen molar-refractivity contribution in [2.24, 2.45) is 0 Å². The maximum absolute atomic E-state index is 12.1. The maximum atomic E-state index is 12.1. The van der Waals surface area contributed by atoms with Gasteiger partial charge in [-0.05, 0) is 48.4 Å². The van der Waals surface area contributed by atoms with E-state index in [1.54, 1.807) is 18.2 Å². The Bertz CT molecular complexity index is 611. The maximum Gasteiger partial charge on any atom is 0.255 e. The lowest BCUT2D eigenvalue weighted by Crippen LogP contribution is -2.12. The van der Waals surface area contributed by atoms with Crippen molar-refractivity contribution in [3.8, 4) is 0 Å². The van der Waals surface area contributed by atoms with Gasteiger partial charge in [-0.25, -0.2) is 0 Å². The SMILES string of the molecule is Cc1cc(C(=O)Nc2cccc(CCl)c2)ccc1Cl. The Hall–Kier alpha value is -1.51. The Kier molecular flexibility index (Phi) is 4.46. The first-order valence-corrected chi connectivity index (χ1v) is 6.74. The molecule has 0 atom stereocenters. The molecule has 0 fully saturated rings. The van der Waals surface area contributed by atoms with Crippen LogP contribution in [0.4, 0.5) is 5.69 Å². The van der Waals surface area contributed by atoms with Crippen LogP contribution in [0.25, 0.3) is 0 Å². The molecule has 0 heterocycles. The Morgan fingerprint density at radius 3 is 2.68 bits per heavy atom. The van der Waals surface area contributed by atoms with E-state index in [2.05, 4.69) is 5.32 Å². The number of halogens is 2. The van der Waals surface area contributed by atoms with Crippen molar-refractivity contribution in [2.75, 3.05) is 5.32 Å². The normalized spacial score (nSPS) is 10.3. The lowest BCUT2D eigenvalue weighted by molar-refractivity contribution is 0.102. The van der Waals surface area contributed by atoms with Gasteiger partial charge in [-0.15, -0.1) is 11.6 Å². The van der Waals surface area contributed by atoms with Crippen molar-refractivity contribution >= 4 is 34.8 Å². The van der Waals surface area contributed by atoms with E-state index < -0.39 is 0 Å². The van der Waals surface area contributed by atoms with E-state index in [1.165, 1.54) is 0 Å². The molecule has 0 bridgehead atoms. The largest absolute Gasteiger partial charge is 0.322 e. The van der Waals surface area contributed by atoms with E-state index >= 15 is 0 Å². The average molecular weight is 294 g/mol. The molecule has 98 valence electrons. The van der Waals surface area contributed by atoms with Crippen LogP contribution in [-0.4, -0.2) is 5.91 Å². The van der Waals surface area contributed by atoms with Crippen molar-refractivity contribution in [1.82, 2.24) is 0 Å². The summed E-state index contributed by atoms with van der Waals surface area (Å²) in [5.74, 6) is 0.260. The molecule has 0 aliphatic rings. The van der Waals surface area contributed by atoms with Crippen molar-refractivity contribution in [1.29, 1.82) is 0 Å². The number of rotatable bonds is 3. The molecule has 4 heteroatoms. The second-order valence-electron chi connectivity index (χ2n) is 4.25. The highest BCUT2D eigenvalue weighted by molar-refractivity contribution is 6.31. The van der Waals surface area contributed by atoms with Gasteiger partial charge in [0.05, 0.1) is 0 Å². The fraction of sp³-hybridized carbons (Fsp3) is 0.133. The summed E-state index contributed by atoms with van der Waals surface area (Å²) in [6, 6.07) is 12.7. The van der Waals surface area contributed by atoms with Gasteiger partial charge in [-0.2, -0.15) is 0 Å². The molecule has 1 N–H and O–H groups in total. The van der Waals surface area contributed by atoms with E-state index in [-0.39, 0.29) is 5.91 Å². The zero-order valence-corrected chi connectivity index (χ0v) is 11.9. The van der Waals surface area contributed by atoms with Gasteiger partial charge in [0.1, 0.15) is 0 Å². The van der Waals surface area contributed by atoms with Gasteiger partial charge < -0.3 is 5.32 Å². The fourth-order valence-electron chi connectivity index (χ4n) is 1.72. The van der Waals surface area contributed by atoms with Crippen molar-refractivity contribution in [3.05, 3.63) is 64.2 Å². The van der Waals surface area contributed by atoms with Crippen molar-refractivity contribution in [2.45, 2.75) is 12.8 Å². The van der Waals surface area contributed by atoms with Crippen LogP contribution in [0.5, 0.6) is 0 Å². The third kappa shape index (κ3) is 3.49. The number of carbonyl (C=O) groups is 1. The lowest BCUT2D eigenvalue weighted by atomic mass is 10.1. The molecular weight excluding hydrogens is 281 g/mol. The van der Waals surface area contributed by atoms with E-state index in [9.17, 15) is 4.79 Å². The van der Waals surface area contributed by atoms with Crippen LogP contribution in [0.3, 0.4) is 0 Å². The Morgan fingerprint density at radius 1 is 1.21 bits per heavy atom. The summed E-state index contributed by atoms with van der Waals surface area (Å²) in [5.41, 5.74) is 3.16. The molecule has 0 aliphatic carbocycles. The summed E-state index contributed by atoms with van der Waals surface area (Å²) in [5, 5.41) is 3.49. The molecule has 2 aromatic carbocycles. The highest BCUT2D eigenvalue weighted by Gasteiger charge is 2.07. The summed E-state index contributed by atoms with van der Waals surface area (Å²) in [6.45, 7) is 1.87. The van der Waals surface area contributed by atoms with Crippen molar-refractivity contribution < 1.29 is 4.79 Å². The Labute approximate surface area is 122 Å². The number of aryl methyl sites for hydroxylation is 1. The van der Waals surface area contributed by atoms with Gasteiger partial charge in [-0.3, -0.25) is 4.79 Å². The van der Waals surface area contributed by atoms with Crippen LogP contribution in [0.15, 0.2) is 42.5 Å². The molecule has 0 aliphatic heterocycles. The molecule has 0 spiro atoms. The summed E-state index contributed by atoms with van der Waals surface area (Å²) in [7, 11) is 0. The Balaban J connectivity index is 2.18. The number of carbonyl (C=O) groups excluding carboxylic acids is 1. The van der Waals surface area contributed by atoms with Crippen LogP contribution >= 0.6 is 23.2 Å². The lowest BCUT2D eigenvalue weighted by Gasteiger charge is -2.07. The standard InChI is InChI=1S/C15H13Cl2NO/c1-10-7-12(5-6-14(10)17)15(19)18-13-4-2-3-11(8-13)9-16/h2-8H,9H2,1H3,(H,18,19). The number of nitrogens with one attached hydrogen (secondary N) is 1. The first-order valence-electron chi connectivity index (χ1n) is 5.82. The van der Waals surface area contributed by atoms with Crippen LogP contribution in [0.1, 0.15) is 21.5 Å². The number of hydrogen-bond acceptors (Lipinski definition) is 1. The number of amides is 1. The third-order valence-corrected chi connectivity index (χ3v) is 3.49. The zero-order chi connectivity index (χ0) is 13.8. The summed E-state index contributed by atoms with van der Waals surface area (Å²) in [4.78, 5) is 12.1. The number of hydrogen-bond donors (Lipinski definition) is 1. The summed E-state index contributed by atoms with van der Waals surface area (Å²) < 4.78 is 0. The highest BCUT2D eigenvalue weighted by atomic mass is 35.5. The van der Waals surface area contributed by atoms with E-state index in [4.69, 9.17) is 23.2 Å². The first kappa shape index (κ1) is 13.9. The Morgan fingerprint density at radius 2 is 2.00 bits per heavy atom. The van der Waals surface area contributed by atoms with Crippen LogP contribution in [-0.2, 0) is 5.88 Å². The molecular formula is C15H13Cl2NO. The molecule has 0 saturated heterocycles. The number of alkyl halides is 1. The molecule has 0 unspecified atom stereocenters. The minimum absolute atomic E-state index is 0.161. The molecule has 0 aromatic heterocycles. The van der Waals surface area contributed by atoms with Gasteiger partial charge >= 0.3 is 0 Å². The van der Waals surface area contributed by atoms with Crippen molar-refractivity contribution in [3.63, 3.8) is 0 Å². The second kappa shape index (κ2) is 6.09. The third-order valence-electron chi connectivity index (χ3n) is 2.76. The topological polar surface area (TPSA) is 29.1 Å². The molecule has 2 rings (SSSR count). The van der Waals surface area contributed by atoms with E-state index in [1.807, 2.05) is 31.2 Å². The number of anilines is 1. The average Bonchev–Trinajstić information content (AvgIpc) is 2.42. The summed E-state index contributed by atoms with van der Waals surface area (Å²) >= 11 is 11.7. The van der Waals surface area contributed by atoms with Crippen LogP contribution in [0.2, 0.25) is 5.02 Å². The van der Waals surface area contributed by atoms with Gasteiger partial charge in [0.15, 0.2) is 0 Å². The van der Waals surface area contributed by atoms with Gasteiger partial charge in [0.25, 0.3) is 5.91 Å². The molecule has 19 heavy (non-hydrogen) atoms. The van der Waals surface area contributed by atoms with Crippen LogP contribution in [0, 0.1) is 6.92 Å². The monoisotopic (exact) mass is 293 g/mol. The van der Waals surface area contributed by atoms with Gasteiger partial charge in [0, 0.05) is 22.2 Å². The quantitative estimate of drug-likeness (QED) is 0.821. The number of benzene rings is 2. The molecule has 2 nitrogen and oxygen atoms in total. The first-order chi connectivity index (χ1) is 9.10. The summed E-state index contributed by atoms with van der Waals surface area (Å²) in [6.07, 6.45) is 0. The molecule has 0 radical (unpaired) electrons. The smallest absolute Gasteiger partial charge is 0.255 e. The molecule has 1 amide bonds. The van der Waals surface area contributed by atoms with Gasteiger partial charge in [0.2, 0.25) is 0 Å². The fourth-order valence-corrected chi connectivity index (χ4v) is 2.01. The molecule has 2 aromatic rings. The zero-order valence-electron chi connectivity index (χ0n) is 10.4. The highest BCUT2D eigenvalue weighted by Crippen LogP contribution is 2.18. The second-order valence-corrected chi connectivity index (χ2v) is 4.93. The van der Waals surface area contributed by atoms with E-state index in [0.717, 1.165) is 16.8 Å². The van der Waals surface area contributed by atoms with Gasteiger partial charge in [-0.1, -0.05) is 23.7 Å². The predicted octanol–water partition coefficient (Wildman–Crippen LogP) is 4.64. The minimum Gasteiger partial charge on any atom is -0.322 e. The van der Waals surface area contributed by atoms with E-state index in [0.29, 0.717) is 16.5 Å². The molecule has 0 saturated carbocycles. The predicted molar refractivity (Wildman–Crippen MR) is 80.1 cm³/mol.